The summed E-state index contributed by atoms with van der Waals surface area (Å²) in [5.74, 6) is -0.784. The third-order valence-electron chi connectivity index (χ3n) is 2.53. The predicted octanol–water partition coefficient (Wildman–Crippen LogP) is 3.27. The first kappa shape index (κ1) is 14.5. The summed E-state index contributed by atoms with van der Waals surface area (Å²) < 4.78 is 6.44. The van der Waals surface area contributed by atoms with Crippen LogP contribution in [0.4, 0.5) is 4.79 Å². The van der Waals surface area contributed by atoms with Crippen molar-refractivity contribution in [2.45, 2.75) is 26.4 Å². The molecule has 8 nitrogen and oxygen atoms in total. The molecule has 0 radical (unpaired) electrons. The zero-order chi connectivity index (χ0) is 15.6. The van der Waals surface area contributed by atoms with Crippen molar-refractivity contribution in [3.05, 3.63) is 40.5 Å². The first-order valence-electron chi connectivity index (χ1n) is 6.12. The second-order valence-electron chi connectivity index (χ2n) is 5.25. The smallest absolute Gasteiger partial charge is 0.419 e. The van der Waals surface area contributed by atoms with E-state index in [1.54, 1.807) is 26.8 Å². The number of azide groups is 1. The molecule has 0 aliphatic rings. The highest BCUT2D eigenvalue weighted by molar-refractivity contribution is 6.07. The molecule has 2 aromatic rings. The molecule has 2 heterocycles. The molecule has 8 heteroatoms. The van der Waals surface area contributed by atoms with Crippen LogP contribution in [0.25, 0.3) is 21.5 Å². The lowest BCUT2D eigenvalue weighted by Gasteiger charge is -2.20. The predicted molar refractivity (Wildman–Crippen MR) is 74.8 cm³/mol. The number of hydrogen-bond acceptors (Lipinski definition) is 4. The second-order valence-corrected chi connectivity index (χ2v) is 5.25. The minimum absolute atomic E-state index is 0.0914. The van der Waals surface area contributed by atoms with Crippen LogP contribution in [-0.2, 0) is 4.74 Å². The Hall–Kier alpha value is -2.86. The Morgan fingerprint density at radius 3 is 2.71 bits per heavy atom. The quantitative estimate of drug-likeness (QED) is 0.455. The lowest BCUT2D eigenvalue weighted by Crippen LogP contribution is -2.27. The zero-order valence-corrected chi connectivity index (χ0v) is 11.8. The fourth-order valence-corrected chi connectivity index (χ4v) is 1.80. The van der Waals surface area contributed by atoms with E-state index in [-0.39, 0.29) is 11.1 Å². The summed E-state index contributed by atoms with van der Waals surface area (Å²) in [6, 6.07) is 2.96. The molecule has 0 aliphatic carbocycles. The Labute approximate surface area is 120 Å². The Bertz CT molecular complexity index is 766. The molecule has 0 atom stereocenters. The molecule has 2 aromatic heterocycles. The molecule has 21 heavy (non-hydrogen) atoms. The van der Waals surface area contributed by atoms with Crippen LogP contribution in [-0.4, -0.2) is 27.2 Å². The Morgan fingerprint density at radius 1 is 1.38 bits per heavy atom. The van der Waals surface area contributed by atoms with Crippen LogP contribution in [0, 0.1) is 0 Å². The normalized spacial score (nSPS) is 11.0. The highest BCUT2D eigenvalue weighted by atomic mass is 16.6. The van der Waals surface area contributed by atoms with Gasteiger partial charge in [-0.05, 0) is 43.5 Å². The molecule has 0 N–H and O–H groups in total. The van der Waals surface area contributed by atoms with Crippen LogP contribution in [0.2, 0.25) is 0 Å². The van der Waals surface area contributed by atoms with E-state index >= 15 is 0 Å². The van der Waals surface area contributed by atoms with Gasteiger partial charge in [0.1, 0.15) is 5.60 Å². The highest BCUT2D eigenvalue weighted by Crippen LogP contribution is 2.21. The molecule has 0 saturated carbocycles. The SMILES string of the molecule is CC(C)(C)OC(=O)n1ccc2nccc(C(=O)N=[N+]=[N-])c21. The monoisotopic (exact) mass is 287 g/mol. The largest absolute Gasteiger partial charge is 0.443 e. The molecule has 0 aromatic carbocycles. The Morgan fingerprint density at radius 2 is 2.10 bits per heavy atom. The number of rotatable bonds is 1. The third kappa shape index (κ3) is 3.01. The van der Waals surface area contributed by atoms with E-state index in [4.69, 9.17) is 10.3 Å². The average molecular weight is 287 g/mol. The third-order valence-corrected chi connectivity index (χ3v) is 2.53. The van der Waals surface area contributed by atoms with Gasteiger partial charge in [-0.1, -0.05) is 0 Å². The van der Waals surface area contributed by atoms with Crippen LogP contribution < -0.4 is 0 Å². The van der Waals surface area contributed by atoms with Gasteiger partial charge in [-0.3, -0.25) is 14.3 Å². The van der Waals surface area contributed by atoms with E-state index in [0.29, 0.717) is 5.52 Å². The minimum atomic E-state index is -0.784. The fraction of sp³-hybridized carbons (Fsp3) is 0.308. The van der Waals surface area contributed by atoms with Crippen molar-refractivity contribution in [1.82, 2.24) is 9.55 Å². The van der Waals surface area contributed by atoms with Gasteiger partial charge in [-0.2, -0.15) is 0 Å². The lowest BCUT2D eigenvalue weighted by molar-refractivity contribution is 0.0544. The summed E-state index contributed by atoms with van der Waals surface area (Å²) in [5.41, 5.74) is 8.48. The number of pyridine rings is 1. The number of aromatic nitrogens is 2. The number of carbonyl (C=O) groups is 2. The number of nitrogens with zero attached hydrogens (tertiary/aromatic N) is 5. The highest BCUT2D eigenvalue weighted by Gasteiger charge is 2.21. The molecule has 0 spiro atoms. The van der Waals surface area contributed by atoms with Gasteiger partial charge in [0.05, 0.1) is 16.6 Å². The van der Waals surface area contributed by atoms with Crippen LogP contribution in [0.15, 0.2) is 29.6 Å². The molecule has 0 saturated heterocycles. The van der Waals surface area contributed by atoms with Gasteiger partial charge in [-0.25, -0.2) is 4.79 Å². The van der Waals surface area contributed by atoms with Crippen molar-refractivity contribution >= 4 is 23.0 Å². The zero-order valence-electron chi connectivity index (χ0n) is 11.8. The van der Waals surface area contributed by atoms with Crippen molar-refractivity contribution in [2.24, 2.45) is 5.11 Å². The van der Waals surface area contributed by atoms with Crippen molar-refractivity contribution in [3.63, 3.8) is 0 Å². The van der Waals surface area contributed by atoms with E-state index in [0.717, 1.165) is 0 Å². The first-order chi connectivity index (χ1) is 9.83. The Kier molecular flexibility index (Phi) is 3.64. The van der Waals surface area contributed by atoms with Gasteiger partial charge in [0.2, 0.25) is 0 Å². The van der Waals surface area contributed by atoms with E-state index < -0.39 is 17.6 Å². The molecule has 108 valence electrons. The molecule has 1 amide bonds. The van der Waals surface area contributed by atoms with E-state index in [9.17, 15) is 9.59 Å². The summed E-state index contributed by atoms with van der Waals surface area (Å²) in [5, 5.41) is 3.05. The number of fused-ring (bicyclic) bond motifs is 1. The standard InChI is InChI=1S/C13H13N5O3/c1-13(2,3)21-12(20)18-7-5-9-10(18)8(4-6-15-9)11(19)16-17-14/h4-7H,1-3H3. The van der Waals surface area contributed by atoms with Crippen LogP contribution >= 0.6 is 0 Å². The Balaban J connectivity index is 2.58. The summed E-state index contributed by atoms with van der Waals surface area (Å²) in [4.78, 5) is 30.5. The molecule has 0 unspecified atom stereocenters. The molecule has 2 rings (SSSR count). The van der Waals surface area contributed by atoms with E-state index in [1.165, 1.54) is 23.0 Å². The summed E-state index contributed by atoms with van der Waals surface area (Å²) in [6.45, 7) is 5.21. The summed E-state index contributed by atoms with van der Waals surface area (Å²) >= 11 is 0. The number of ether oxygens (including phenoxy) is 1. The number of hydrogen-bond donors (Lipinski definition) is 0. The van der Waals surface area contributed by atoms with Crippen molar-refractivity contribution in [2.75, 3.05) is 0 Å². The van der Waals surface area contributed by atoms with Gasteiger partial charge in [-0.15, -0.1) is 0 Å². The maximum absolute atomic E-state index is 12.2. The second kappa shape index (κ2) is 5.26. The maximum atomic E-state index is 12.2. The first-order valence-corrected chi connectivity index (χ1v) is 6.12. The number of carbonyl (C=O) groups excluding carboxylic acids is 2. The molecular weight excluding hydrogens is 274 g/mol. The lowest BCUT2D eigenvalue weighted by atomic mass is 10.2. The van der Waals surface area contributed by atoms with E-state index in [2.05, 4.69) is 15.0 Å². The van der Waals surface area contributed by atoms with Gasteiger partial charge in [0.15, 0.2) is 0 Å². The number of amides is 1. The van der Waals surface area contributed by atoms with Gasteiger partial charge in [0.25, 0.3) is 5.91 Å². The average Bonchev–Trinajstić information content (AvgIpc) is 2.80. The molecule has 0 aliphatic heterocycles. The van der Waals surface area contributed by atoms with Crippen LogP contribution in [0.1, 0.15) is 31.1 Å². The molecule has 0 bridgehead atoms. The topological polar surface area (TPSA) is 110 Å². The molecule has 0 fully saturated rings. The maximum Gasteiger partial charge on any atom is 0.419 e. The van der Waals surface area contributed by atoms with Crippen LogP contribution in [0.5, 0.6) is 0 Å². The van der Waals surface area contributed by atoms with Crippen molar-refractivity contribution in [1.29, 1.82) is 0 Å². The van der Waals surface area contributed by atoms with Gasteiger partial charge >= 0.3 is 6.09 Å². The summed E-state index contributed by atoms with van der Waals surface area (Å²) in [7, 11) is 0. The van der Waals surface area contributed by atoms with Crippen molar-refractivity contribution < 1.29 is 14.3 Å². The van der Waals surface area contributed by atoms with E-state index in [1.807, 2.05) is 0 Å². The van der Waals surface area contributed by atoms with Gasteiger partial charge < -0.3 is 4.74 Å². The van der Waals surface area contributed by atoms with Crippen molar-refractivity contribution in [3.8, 4) is 0 Å². The van der Waals surface area contributed by atoms with Gasteiger partial charge in [0, 0.05) is 17.3 Å². The fourth-order valence-electron chi connectivity index (χ4n) is 1.80. The summed E-state index contributed by atoms with van der Waals surface area (Å²) in [6.07, 6.45) is 2.22. The molecular formula is C13H13N5O3. The van der Waals surface area contributed by atoms with Crippen LogP contribution in [0.3, 0.4) is 0 Å². The minimum Gasteiger partial charge on any atom is -0.443 e.